The Hall–Kier alpha value is -1.37. The molecule has 0 spiro atoms. The Morgan fingerprint density at radius 1 is 1.27 bits per heavy atom. The smallest absolute Gasteiger partial charge is 0.223 e. The molecule has 1 fully saturated rings. The number of rotatable bonds is 7. The number of hydrogen-bond acceptors (Lipinski definition) is 5. The number of hydrogen-bond donors (Lipinski definition) is 2. The molecule has 1 aliphatic rings. The summed E-state index contributed by atoms with van der Waals surface area (Å²) in [5.41, 5.74) is 0.815. The van der Waals surface area contributed by atoms with Gasteiger partial charge in [-0.3, -0.25) is 9.69 Å². The van der Waals surface area contributed by atoms with Gasteiger partial charge >= 0.3 is 0 Å². The molecule has 6 nitrogen and oxygen atoms in total. The van der Waals surface area contributed by atoms with Gasteiger partial charge in [-0.25, -0.2) is 0 Å². The summed E-state index contributed by atoms with van der Waals surface area (Å²) in [7, 11) is 4.03. The van der Waals surface area contributed by atoms with Crippen LogP contribution in [0.4, 0.5) is 0 Å². The van der Waals surface area contributed by atoms with Gasteiger partial charge < -0.3 is 19.7 Å². The molecular weight excluding hydrogens is 282 g/mol. The maximum Gasteiger partial charge on any atom is 0.223 e. The fraction of sp³-hybridized carbons (Fsp3) is 0.688. The van der Waals surface area contributed by atoms with Gasteiger partial charge in [0.05, 0.1) is 12.3 Å². The fourth-order valence-electron chi connectivity index (χ4n) is 3.01. The van der Waals surface area contributed by atoms with Crippen LogP contribution in [0.1, 0.15) is 30.7 Å². The highest BCUT2D eigenvalue weighted by Gasteiger charge is 2.19. The Morgan fingerprint density at radius 2 is 1.95 bits per heavy atom. The number of pyridine rings is 1. The fourth-order valence-corrected chi connectivity index (χ4v) is 3.01. The normalized spacial score (nSPS) is 15.8. The van der Waals surface area contributed by atoms with Crippen LogP contribution in [0, 0.1) is 0 Å². The van der Waals surface area contributed by atoms with Crippen molar-refractivity contribution in [1.82, 2.24) is 14.4 Å². The molecule has 1 aromatic heterocycles. The SMILES string of the molecule is CN(C)CCCn1c(CO)cc(=O)c(O)c1CN1CCCC1. The summed E-state index contributed by atoms with van der Waals surface area (Å²) in [4.78, 5) is 16.3. The van der Waals surface area contributed by atoms with Crippen LogP contribution in [0.5, 0.6) is 5.75 Å². The minimum atomic E-state index is -0.401. The van der Waals surface area contributed by atoms with E-state index in [2.05, 4.69) is 9.80 Å². The van der Waals surface area contributed by atoms with Gasteiger partial charge in [-0.15, -0.1) is 0 Å². The van der Waals surface area contributed by atoms with Crippen LogP contribution >= 0.6 is 0 Å². The van der Waals surface area contributed by atoms with E-state index in [-0.39, 0.29) is 12.4 Å². The van der Waals surface area contributed by atoms with Crippen molar-refractivity contribution < 1.29 is 10.2 Å². The molecule has 2 N–H and O–H groups in total. The van der Waals surface area contributed by atoms with Gasteiger partial charge in [-0.05, 0) is 53.0 Å². The highest BCUT2D eigenvalue weighted by molar-refractivity contribution is 5.30. The van der Waals surface area contributed by atoms with Crippen LogP contribution in [0.2, 0.25) is 0 Å². The van der Waals surface area contributed by atoms with E-state index in [0.717, 1.165) is 38.9 Å². The Labute approximate surface area is 131 Å². The summed E-state index contributed by atoms with van der Waals surface area (Å²) in [6.07, 6.45) is 3.21. The van der Waals surface area contributed by atoms with E-state index < -0.39 is 5.43 Å². The number of likely N-dealkylation sites (tertiary alicyclic amines) is 1. The summed E-state index contributed by atoms with van der Waals surface area (Å²) in [5.74, 6) is -0.172. The van der Waals surface area contributed by atoms with Gasteiger partial charge in [0.1, 0.15) is 0 Å². The molecule has 0 unspecified atom stereocenters. The van der Waals surface area contributed by atoms with Gasteiger partial charge in [0, 0.05) is 24.8 Å². The third kappa shape index (κ3) is 4.09. The molecule has 0 amide bonds. The second-order valence-electron chi connectivity index (χ2n) is 6.25. The molecule has 1 saturated heterocycles. The molecule has 6 heteroatoms. The number of nitrogens with zero attached hydrogens (tertiary/aromatic N) is 3. The number of aromatic nitrogens is 1. The highest BCUT2D eigenvalue weighted by Crippen LogP contribution is 2.20. The zero-order valence-electron chi connectivity index (χ0n) is 13.6. The minimum absolute atomic E-state index is 0.172. The van der Waals surface area contributed by atoms with Crippen LogP contribution in [-0.4, -0.2) is 58.3 Å². The third-order valence-electron chi connectivity index (χ3n) is 4.20. The Balaban J connectivity index is 2.28. The van der Waals surface area contributed by atoms with E-state index in [4.69, 9.17) is 0 Å². The van der Waals surface area contributed by atoms with Crippen molar-refractivity contribution in [2.45, 2.75) is 39.0 Å². The van der Waals surface area contributed by atoms with Gasteiger partial charge in [-0.2, -0.15) is 0 Å². The van der Waals surface area contributed by atoms with Crippen molar-refractivity contribution in [3.05, 3.63) is 27.7 Å². The highest BCUT2D eigenvalue weighted by atomic mass is 16.3. The lowest BCUT2D eigenvalue weighted by Gasteiger charge is -2.23. The van der Waals surface area contributed by atoms with E-state index in [1.807, 2.05) is 18.7 Å². The van der Waals surface area contributed by atoms with Crippen molar-refractivity contribution in [2.24, 2.45) is 0 Å². The Bertz CT molecular complexity index is 548. The second kappa shape index (κ2) is 7.76. The van der Waals surface area contributed by atoms with Gasteiger partial charge in [0.2, 0.25) is 5.43 Å². The molecule has 0 aromatic carbocycles. The summed E-state index contributed by atoms with van der Waals surface area (Å²) in [5, 5.41) is 19.8. The lowest BCUT2D eigenvalue weighted by Crippen LogP contribution is -2.26. The maximum absolute atomic E-state index is 11.9. The lowest BCUT2D eigenvalue weighted by molar-refractivity contribution is 0.259. The molecule has 0 aliphatic carbocycles. The standard InChI is InChI=1S/C16H27N3O3/c1-17(2)6-5-9-19-13(12-20)10-15(21)16(22)14(19)11-18-7-3-4-8-18/h10,20,22H,3-9,11-12H2,1-2H3. The van der Waals surface area contributed by atoms with Gasteiger partial charge in [0.25, 0.3) is 0 Å². The van der Waals surface area contributed by atoms with Crippen molar-refractivity contribution in [3.63, 3.8) is 0 Å². The minimum Gasteiger partial charge on any atom is -0.503 e. The summed E-state index contributed by atoms with van der Waals surface area (Å²) >= 11 is 0. The first-order valence-corrected chi connectivity index (χ1v) is 7.95. The van der Waals surface area contributed by atoms with Crippen LogP contribution in [0.15, 0.2) is 10.9 Å². The number of aromatic hydroxyl groups is 1. The topological polar surface area (TPSA) is 68.9 Å². The van der Waals surface area contributed by atoms with Gasteiger partial charge in [-0.1, -0.05) is 0 Å². The summed E-state index contributed by atoms with van der Waals surface area (Å²) < 4.78 is 1.92. The Kier molecular flexibility index (Phi) is 5.99. The molecule has 2 rings (SSSR count). The first-order valence-electron chi connectivity index (χ1n) is 7.95. The monoisotopic (exact) mass is 309 g/mol. The largest absolute Gasteiger partial charge is 0.503 e. The molecule has 0 radical (unpaired) electrons. The molecule has 22 heavy (non-hydrogen) atoms. The Morgan fingerprint density at radius 3 is 2.55 bits per heavy atom. The zero-order valence-corrected chi connectivity index (χ0v) is 13.6. The first-order chi connectivity index (χ1) is 10.5. The average molecular weight is 309 g/mol. The molecule has 1 aromatic rings. The van der Waals surface area contributed by atoms with E-state index in [9.17, 15) is 15.0 Å². The molecule has 0 saturated carbocycles. The maximum atomic E-state index is 11.9. The van der Waals surface area contributed by atoms with Crippen molar-refractivity contribution in [3.8, 4) is 5.75 Å². The molecule has 2 heterocycles. The molecule has 0 atom stereocenters. The predicted molar refractivity (Wildman–Crippen MR) is 86.0 cm³/mol. The van der Waals surface area contributed by atoms with Gasteiger partial charge in [0.15, 0.2) is 5.75 Å². The van der Waals surface area contributed by atoms with Crippen LogP contribution in [0.25, 0.3) is 0 Å². The zero-order chi connectivity index (χ0) is 16.1. The first kappa shape index (κ1) is 17.0. The molecule has 0 bridgehead atoms. The number of aliphatic hydroxyl groups is 1. The summed E-state index contributed by atoms with van der Waals surface area (Å²) in [6, 6.07) is 1.35. The summed E-state index contributed by atoms with van der Waals surface area (Å²) in [6.45, 7) is 3.97. The second-order valence-corrected chi connectivity index (χ2v) is 6.25. The van der Waals surface area contributed by atoms with Crippen molar-refractivity contribution >= 4 is 0 Å². The van der Waals surface area contributed by atoms with Crippen molar-refractivity contribution in [1.29, 1.82) is 0 Å². The van der Waals surface area contributed by atoms with E-state index in [0.29, 0.717) is 24.5 Å². The van der Waals surface area contributed by atoms with E-state index in [1.165, 1.54) is 6.07 Å². The quantitative estimate of drug-likeness (QED) is 0.772. The van der Waals surface area contributed by atoms with Crippen LogP contribution < -0.4 is 5.43 Å². The molecule has 1 aliphatic heterocycles. The van der Waals surface area contributed by atoms with E-state index in [1.54, 1.807) is 0 Å². The van der Waals surface area contributed by atoms with E-state index >= 15 is 0 Å². The molecule has 124 valence electrons. The lowest BCUT2D eigenvalue weighted by atomic mass is 10.2. The van der Waals surface area contributed by atoms with Crippen molar-refractivity contribution in [2.75, 3.05) is 33.7 Å². The predicted octanol–water partition coefficient (Wildman–Crippen LogP) is 0.594. The average Bonchev–Trinajstić information content (AvgIpc) is 2.98. The van der Waals surface area contributed by atoms with Crippen LogP contribution in [0.3, 0.4) is 0 Å². The molecular formula is C16H27N3O3. The third-order valence-corrected chi connectivity index (χ3v) is 4.20. The number of aliphatic hydroxyl groups excluding tert-OH is 1. The van der Waals surface area contributed by atoms with Crippen LogP contribution in [-0.2, 0) is 19.7 Å².